The molecule has 1 atom stereocenters. The van der Waals surface area contributed by atoms with E-state index < -0.39 is 0 Å². The fourth-order valence-electron chi connectivity index (χ4n) is 2.48. The van der Waals surface area contributed by atoms with Crippen LogP contribution in [0.15, 0.2) is 24.3 Å². The first-order valence-electron chi connectivity index (χ1n) is 6.66. The maximum absolute atomic E-state index is 12.9. The van der Waals surface area contributed by atoms with Gasteiger partial charge in [-0.05, 0) is 49.3 Å². The summed E-state index contributed by atoms with van der Waals surface area (Å²) >= 11 is 2.34. The second-order valence-corrected chi connectivity index (χ2v) is 6.09. The van der Waals surface area contributed by atoms with Crippen LogP contribution in [0.1, 0.15) is 44.3 Å². The Morgan fingerprint density at radius 1 is 1.22 bits per heavy atom. The highest BCUT2D eigenvalue weighted by Crippen LogP contribution is 2.30. The van der Waals surface area contributed by atoms with Gasteiger partial charge in [0.05, 0.1) is 12.2 Å². The highest BCUT2D eigenvalue weighted by molar-refractivity contribution is 14.1. The average Bonchev–Trinajstić information content (AvgIpc) is 2.39. The number of alkyl halides is 1. The second-order valence-electron chi connectivity index (χ2n) is 5.21. The van der Waals surface area contributed by atoms with E-state index in [1.54, 1.807) is 0 Å². The summed E-state index contributed by atoms with van der Waals surface area (Å²) in [6.45, 7) is 2.31. The maximum atomic E-state index is 12.9. The van der Waals surface area contributed by atoms with Crippen molar-refractivity contribution in [2.24, 2.45) is 5.92 Å². The summed E-state index contributed by atoms with van der Waals surface area (Å²) in [7, 11) is 0. The van der Waals surface area contributed by atoms with Gasteiger partial charge in [-0.15, -0.1) is 0 Å². The van der Waals surface area contributed by atoms with Crippen molar-refractivity contribution in [2.75, 3.05) is 4.43 Å². The molecule has 0 heterocycles. The lowest BCUT2D eigenvalue weighted by Gasteiger charge is -2.29. The Kier molecular flexibility index (Phi) is 5.42. The van der Waals surface area contributed by atoms with Crippen LogP contribution in [0, 0.1) is 11.7 Å². The van der Waals surface area contributed by atoms with Crippen molar-refractivity contribution < 1.29 is 9.13 Å². The Morgan fingerprint density at radius 3 is 2.39 bits per heavy atom. The zero-order chi connectivity index (χ0) is 13.0. The molecule has 1 fully saturated rings. The number of benzene rings is 1. The van der Waals surface area contributed by atoms with Gasteiger partial charge in [-0.2, -0.15) is 0 Å². The molecule has 1 aromatic rings. The number of hydrogen-bond acceptors (Lipinski definition) is 1. The molecule has 1 unspecified atom stereocenters. The molecule has 18 heavy (non-hydrogen) atoms. The van der Waals surface area contributed by atoms with Crippen molar-refractivity contribution >= 4 is 22.6 Å². The van der Waals surface area contributed by atoms with Gasteiger partial charge in [0.15, 0.2) is 0 Å². The predicted octanol–water partition coefficient (Wildman–Crippen LogP) is 4.90. The maximum Gasteiger partial charge on any atom is 0.123 e. The number of halogens is 2. The first-order chi connectivity index (χ1) is 8.69. The molecule has 1 saturated carbocycles. The van der Waals surface area contributed by atoms with Crippen molar-refractivity contribution in [1.29, 1.82) is 0 Å². The van der Waals surface area contributed by atoms with E-state index in [1.807, 2.05) is 12.1 Å². The minimum Gasteiger partial charge on any atom is -0.369 e. The van der Waals surface area contributed by atoms with E-state index in [4.69, 9.17) is 4.74 Å². The molecule has 0 N–H and O–H groups in total. The molecule has 100 valence electrons. The van der Waals surface area contributed by atoms with Crippen LogP contribution in [0.2, 0.25) is 0 Å². The van der Waals surface area contributed by atoms with Gasteiger partial charge < -0.3 is 4.74 Å². The largest absolute Gasteiger partial charge is 0.369 e. The summed E-state index contributed by atoms with van der Waals surface area (Å²) in [5.74, 6) is 0.658. The van der Waals surface area contributed by atoms with Crippen LogP contribution in [0.4, 0.5) is 4.39 Å². The molecule has 1 nitrogen and oxygen atoms in total. The van der Waals surface area contributed by atoms with Gasteiger partial charge >= 0.3 is 0 Å². The van der Waals surface area contributed by atoms with E-state index in [0.29, 0.717) is 6.10 Å². The van der Waals surface area contributed by atoms with Crippen molar-refractivity contribution in [3.05, 3.63) is 35.6 Å². The standard InChI is InChI=1S/C15H20FIO/c1-11-2-8-14(9-3-11)18-15(10-17)12-4-6-13(16)7-5-12/h4-7,11,14-15H,2-3,8-10H2,1H3. The molecule has 1 aliphatic carbocycles. The first kappa shape index (κ1) is 14.3. The van der Waals surface area contributed by atoms with Crippen LogP contribution in [-0.2, 0) is 4.74 Å². The van der Waals surface area contributed by atoms with E-state index in [-0.39, 0.29) is 11.9 Å². The minimum absolute atomic E-state index is 0.101. The van der Waals surface area contributed by atoms with Gasteiger partial charge in [-0.25, -0.2) is 4.39 Å². The molecule has 0 radical (unpaired) electrons. The van der Waals surface area contributed by atoms with E-state index in [9.17, 15) is 4.39 Å². The Hall–Kier alpha value is -0.160. The van der Waals surface area contributed by atoms with Crippen LogP contribution in [0.3, 0.4) is 0 Å². The Morgan fingerprint density at radius 2 is 1.83 bits per heavy atom. The van der Waals surface area contributed by atoms with Crippen molar-refractivity contribution in [3.63, 3.8) is 0 Å². The minimum atomic E-state index is -0.183. The van der Waals surface area contributed by atoms with E-state index in [1.165, 1.54) is 25.0 Å². The van der Waals surface area contributed by atoms with Gasteiger partial charge in [0.1, 0.15) is 5.82 Å². The third-order valence-electron chi connectivity index (χ3n) is 3.70. The summed E-state index contributed by atoms with van der Waals surface area (Å²) < 4.78 is 20.0. The number of ether oxygens (including phenoxy) is 1. The summed E-state index contributed by atoms with van der Waals surface area (Å²) in [4.78, 5) is 0. The van der Waals surface area contributed by atoms with E-state index >= 15 is 0 Å². The molecule has 1 aliphatic rings. The molecule has 0 saturated heterocycles. The average molecular weight is 362 g/mol. The van der Waals surface area contributed by atoms with Crippen LogP contribution >= 0.6 is 22.6 Å². The van der Waals surface area contributed by atoms with Crippen molar-refractivity contribution in [2.45, 2.75) is 44.8 Å². The van der Waals surface area contributed by atoms with Gasteiger partial charge in [0.25, 0.3) is 0 Å². The molecule has 0 spiro atoms. The molecular weight excluding hydrogens is 342 g/mol. The van der Waals surface area contributed by atoms with Crippen LogP contribution in [0.5, 0.6) is 0 Å². The fraction of sp³-hybridized carbons (Fsp3) is 0.600. The van der Waals surface area contributed by atoms with Gasteiger partial charge in [0, 0.05) is 4.43 Å². The van der Waals surface area contributed by atoms with Gasteiger partial charge in [-0.1, -0.05) is 41.6 Å². The summed E-state index contributed by atoms with van der Waals surface area (Å²) in [6.07, 6.45) is 5.34. The lowest BCUT2D eigenvalue weighted by Crippen LogP contribution is -2.23. The third kappa shape index (κ3) is 3.92. The summed E-state index contributed by atoms with van der Waals surface area (Å²) in [5.41, 5.74) is 1.09. The smallest absolute Gasteiger partial charge is 0.123 e. The zero-order valence-electron chi connectivity index (χ0n) is 10.7. The summed E-state index contributed by atoms with van der Waals surface area (Å²) in [6, 6.07) is 6.70. The number of hydrogen-bond donors (Lipinski definition) is 0. The SMILES string of the molecule is CC1CCC(OC(CI)c2ccc(F)cc2)CC1. The fourth-order valence-corrected chi connectivity index (χ4v) is 3.20. The predicted molar refractivity (Wildman–Crippen MR) is 80.5 cm³/mol. The van der Waals surface area contributed by atoms with Crippen LogP contribution in [0.25, 0.3) is 0 Å². The van der Waals surface area contributed by atoms with Crippen molar-refractivity contribution in [1.82, 2.24) is 0 Å². The monoisotopic (exact) mass is 362 g/mol. The molecule has 2 rings (SSSR count). The third-order valence-corrected chi connectivity index (χ3v) is 4.50. The van der Waals surface area contributed by atoms with Crippen molar-refractivity contribution in [3.8, 4) is 0 Å². The normalized spacial score (nSPS) is 25.9. The van der Waals surface area contributed by atoms with E-state index in [2.05, 4.69) is 29.5 Å². The lowest BCUT2D eigenvalue weighted by atomic mass is 9.89. The molecule has 0 aliphatic heterocycles. The zero-order valence-corrected chi connectivity index (χ0v) is 12.9. The second kappa shape index (κ2) is 6.85. The Labute approximate surface area is 122 Å². The first-order valence-corrected chi connectivity index (χ1v) is 8.18. The molecule has 0 aromatic heterocycles. The number of rotatable bonds is 4. The highest BCUT2D eigenvalue weighted by atomic mass is 127. The Balaban J connectivity index is 1.94. The topological polar surface area (TPSA) is 9.23 Å². The van der Waals surface area contributed by atoms with Crippen LogP contribution in [-0.4, -0.2) is 10.5 Å². The molecule has 0 bridgehead atoms. The quantitative estimate of drug-likeness (QED) is 0.547. The molecular formula is C15H20FIO. The van der Waals surface area contributed by atoms with E-state index in [0.717, 1.165) is 28.8 Å². The lowest BCUT2D eigenvalue weighted by molar-refractivity contribution is -0.0248. The Bertz CT molecular complexity index is 357. The van der Waals surface area contributed by atoms with Gasteiger partial charge in [-0.3, -0.25) is 0 Å². The molecule has 3 heteroatoms. The molecule has 0 amide bonds. The molecule has 1 aromatic carbocycles. The van der Waals surface area contributed by atoms with Gasteiger partial charge in [0.2, 0.25) is 0 Å². The summed E-state index contributed by atoms with van der Waals surface area (Å²) in [5, 5.41) is 0. The van der Waals surface area contributed by atoms with Crippen LogP contribution < -0.4 is 0 Å². The highest BCUT2D eigenvalue weighted by Gasteiger charge is 2.22.